The molecule has 0 radical (unpaired) electrons. The summed E-state index contributed by atoms with van der Waals surface area (Å²) in [5.41, 5.74) is 8.32. The Morgan fingerprint density at radius 1 is 1.29 bits per heavy atom. The van der Waals surface area contributed by atoms with E-state index in [1.54, 1.807) is 35.2 Å². The van der Waals surface area contributed by atoms with Gasteiger partial charge in [-0.2, -0.15) is 10.2 Å². The number of fused-ring (bicyclic) bond motifs is 2. The molecule has 8 heteroatoms. The Bertz CT molecular complexity index is 984. The summed E-state index contributed by atoms with van der Waals surface area (Å²) in [5.74, 6) is -0.589. The maximum Gasteiger partial charge on any atom is 0.269 e. The fraction of sp³-hybridized carbons (Fsp3) is 0. The van der Waals surface area contributed by atoms with E-state index in [2.05, 4.69) is 25.3 Å². The van der Waals surface area contributed by atoms with Crippen LogP contribution in [0.2, 0.25) is 0 Å². The number of hydrogen-bond acceptors (Lipinski definition) is 5. The molecule has 0 atom stereocenters. The number of H-pyrrole nitrogens is 1. The first-order valence-corrected chi connectivity index (χ1v) is 6.16. The number of pyridine rings is 1. The summed E-state index contributed by atoms with van der Waals surface area (Å²) < 4.78 is 1.67. The van der Waals surface area contributed by atoms with Gasteiger partial charge in [-0.15, -0.1) is 0 Å². The molecular weight excluding hydrogens is 270 g/mol. The van der Waals surface area contributed by atoms with Crippen molar-refractivity contribution in [1.82, 2.24) is 29.8 Å². The fourth-order valence-corrected chi connectivity index (χ4v) is 2.26. The normalized spacial score (nSPS) is 11.2. The molecule has 4 heterocycles. The van der Waals surface area contributed by atoms with Gasteiger partial charge in [0.05, 0.1) is 28.4 Å². The second-order valence-corrected chi connectivity index (χ2v) is 4.50. The largest absolute Gasteiger partial charge is 0.364 e. The van der Waals surface area contributed by atoms with E-state index in [0.717, 1.165) is 5.56 Å². The van der Waals surface area contributed by atoms with Crippen LogP contribution in [-0.2, 0) is 0 Å². The Hall–Kier alpha value is -3.29. The zero-order chi connectivity index (χ0) is 14.4. The van der Waals surface area contributed by atoms with Crippen LogP contribution in [0, 0.1) is 0 Å². The Labute approximate surface area is 117 Å². The molecule has 0 unspecified atom stereocenters. The summed E-state index contributed by atoms with van der Waals surface area (Å²) in [5, 5.41) is 11.5. The fourth-order valence-electron chi connectivity index (χ4n) is 2.26. The molecule has 3 N–H and O–H groups in total. The Morgan fingerprint density at radius 2 is 2.19 bits per heavy atom. The van der Waals surface area contributed by atoms with Gasteiger partial charge in [0.25, 0.3) is 5.91 Å². The summed E-state index contributed by atoms with van der Waals surface area (Å²) in [6.45, 7) is 0. The van der Waals surface area contributed by atoms with E-state index in [1.165, 1.54) is 0 Å². The monoisotopic (exact) mass is 279 g/mol. The molecule has 0 spiro atoms. The van der Waals surface area contributed by atoms with Gasteiger partial charge in [0.2, 0.25) is 0 Å². The predicted octanol–water partition coefficient (Wildman–Crippen LogP) is 0.766. The molecule has 8 nitrogen and oxygen atoms in total. The average molecular weight is 279 g/mol. The van der Waals surface area contributed by atoms with Gasteiger partial charge in [-0.3, -0.25) is 14.9 Å². The van der Waals surface area contributed by atoms with Crippen LogP contribution < -0.4 is 5.73 Å². The number of nitrogens with two attached hydrogens (primary N) is 1. The van der Waals surface area contributed by atoms with Crippen LogP contribution in [0.1, 0.15) is 10.5 Å². The number of aromatic nitrogens is 6. The summed E-state index contributed by atoms with van der Waals surface area (Å²) >= 11 is 0. The molecule has 4 aromatic rings. The third-order valence-corrected chi connectivity index (χ3v) is 3.24. The van der Waals surface area contributed by atoms with Crippen LogP contribution in [0.4, 0.5) is 0 Å². The van der Waals surface area contributed by atoms with E-state index < -0.39 is 5.91 Å². The molecule has 0 aliphatic rings. The van der Waals surface area contributed by atoms with E-state index >= 15 is 0 Å². The highest BCUT2D eigenvalue weighted by Gasteiger charge is 2.14. The van der Waals surface area contributed by atoms with E-state index in [4.69, 9.17) is 5.73 Å². The van der Waals surface area contributed by atoms with Crippen molar-refractivity contribution in [2.45, 2.75) is 0 Å². The number of carbonyl (C=O) groups excluding carboxylic acids is 1. The van der Waals surface area contributed by atoms with Gasteiger partial charge >= 0.3 is 0 Å². The molecule has 0 saturated heterocycles. The molecule has 0 saturated carbocycles. The number of rotatable bonds is 2. The number of nitrogens with zero attached hydrogens (tertiary/aromatic N) is 5. The van der Waals surface area contributed by atoms with Gasteiger partial charge in [0.15, 0.2) is 11.3 Å². The number of amides is 1. The predicted molar refractivity (Wildman–Crippen MR) is 74.4 cm³/mol. The van der Waals surface area contributed by atoms with E-state index in [0.29, 0.717) is 22.2 Å². The molecule has 0 aliphatic heterocycles. The van der Waals surface area contributed by atoms with Gasteiger partial charge in [-0.05, 0) is 12.1 Å². The van der Waals surface area contributed by atoms with Crippen molar-refractivity contribution in [2.75, 3.05) is 0 Å². The zero-order valence-electron chi connectivity index (χ0n) is 10.7. The topological polar surface area (TPSA) is 115 Å². The molecule has 0 bridgehead atoms. The van der Waals surface area contributed by atoms with Gasteiger partial charge in [0.1, 0.15) is 0 Å². The lowest BCUT2D eigenvalue weighted by atomic mass is 10.1. The standard InChI is InChI=1S/C13H9N7O/c14-12(21)11-7-5-16-9(4-10(7)18-19-11)8-6-17-20-3-1-2-15-13(8)20/h1-6H,(H2,14,21)(H,18,19). The van der Waals surface area contributed by atoms with Crippen molar-refractivity contribution in [2.24, 2.45) is 5.73 Å². The van der Waals surface area contributed by atoms with Crippen LogP contribution in [0.25, 0.3) is 27.8 Å². The summed E-state index contributed by atoms with van der Waals surface area (Å²) in [4.78, 5) is 19.9. The molecule has 102 valence electrons. The van der Waals surface area contributed by atoms with Crippen molar-refractivity contribution in [3.05, 3.63) is 42.6 Å². The Morgan fingerprint density at radius 3 is 3.05 bits per heavy atom. The van der Waals surface area contributed by atoms with Crippen LogP contribution in [0.3, 0.4) is 0 Å². The van der Waals surface area contributed by atoms with Crippen molar-refractivity contribution in [1.29, 1.82) is 0 Å². The third-order valence-electron chi connectivity index (χ3n) is 3.24. The highest BCUT2D eigenvalue weighted by Crippen LogP contribution is 2.24. The summed E-state index contributed by atoms with van der Waals surface area (Å²) in [6.07, 6.45) is 6.77. The number of aromatic amines is 1. The first kappa shape index (κ1) is 11.5. The zero-order valence-corrected chi connectivity index (χ0v) is 10.7. The summed E-state index contributed by atoms with van der Waals surface area (Å²) in [7, 11) is 0. The first-order chi connectivity index (χ1) is 10.2. The quantitative estimate of drug-likeness (QED) is 0.562. The SMILES string of the molecule is NC(=O)c1n[nH]c2cc(-c3cnn4cccnc34)ncc12. The summed E-state index contributed by atoms with van der Waals surface area (Å²) in [6, 6.07) is 3.59. The molecule has 0 aromatic carbocycles. The second-order valence-electron chi connectivity index (χ2n) is 4.50. The van der Waals surface area contributed by atoms with E-state index in [1.807, 2.05) is 6.20 Å². The number of primary amides is 1. The number of carbonyl (C=O) groups is 1. The first-order valence-electron chi connectivity index (χ1n) is 6.16. The van der Waals surface area contributed by atoms with Crippen LogP contribution in [0.5, 0.6) is 0 Å². The molecular formula is C13H9N7O. The van der Waals surface area contributed by atoms with Gasteiger partial charge in [0, 0.05) is 18.6 Å². The van der Waals surface area contributed by atoms with Crippen molar-refractivity contribution in [3.8, 4) is 11.3 Å². The van der Waals surface area contributed by atoms with Crippen molar-refractivity contribution >= 4 is 22.5 Å². The van der Waals surface area contributed by atoms with E-state index in [-0.39, 0.29) is 5.69 Å². The van der Waals surface area contributed by atoms with Crippen molar-refractivity contribution in [3.63, 3.8) is 0 Å². The lowest BCUT2D eigenvalue weighted by Gasteiger charge is -1.98. The third kappa shape index (κ3) is 1.66. The minimum absolute atomic E-state index is 0.182. The van der Waals surface area contributed by atoms with Gasteiger partial charge in [-0.1, -0.05) is 0 Å². The number of nitrogens with one attached hydrogen (secondary N) is 1. The minimum atomic E-state index is -0.589. The van der Waals surface area contributed by atoms with Crippen LogP contribution in [0.15, 0.2) is 36.9 Å². The maximum atomic E-state index is 11.3. The molecule has 1 amide bonds. The van der Waals surface area contributed by atoms with Crippen LogP contribution >= 0.6 is 0 Å². The second kappa shape index (κ2) is 4.10. The lowest BCUT2D eigenvalue weighted by molar-refractivity contribution is 0.0997. The highest BCUT2D eigenvalue weighted by molar-refractivity contribution is 6.04. The van der Waals surface area contributed by atoms with Crippen molar-refractivity contribution < 1.29 is 4.79 Å². The maximum absolute atomic E-state index is 11.3. The highest BCUT2D eigenvalue weighted by atomic mass is 16.1. The number of hydrogen-bond donors (Lipinski definition) is 2. The molecule has 4 aromatic heterocycles. The van der Waals surface area contributed by atoms with Gasteiger partial charge in [-0.25, -0.2) is 9.50 Å². The Balaban J connectivity index is 1.93. The minimum Gasteiger partial charge on any atom is -0.364 e. The lowest BCUT2D eigenvalue weighted by Crippen LogP contribution is -2.11. The smallest absolute Gasteiger partial charge is 0.269 e. The van der Waals surface area contributed by atoms with Gasteiger partial charge < -0.3 is 5.73 Å². The molecule has 0 aliphatic carbocycles. The molecule has 21 heavy (non-hydrogen) atoms. The van der Waals surface area contributed by atoms with Crippen LogP contribution in [-0.4, -0.2) is 35.7 Å². The van der Waals surface area contributed by atoms with E-state index in [9.17, 15) is 4.79 Å². The molecule has 4 rings (SSSR count). The Kier molecular flexibility index (Phi) is 2.25. The average Bonchev–Trinajstić information content (AvgIpc) is 3.10. The molecule has 0 fully saturated rings.